The fourth-order valence-corrected chi connectivity index (χ4v) is 2.58. The summed E-state index contributed by atoms with van der Waals surface area (Å²) in [6, 6.07) is 8.26. The first-order valence-corrected chi connectivity index (χ1v) is 6.98. The Morgan fingerprint density at radius 3 is 2.95 bits per heavy atom. The molecule has 1 N–H and O–H groups in total. The number of H-pyrrole nitrogens is 1. The number of para-hydroxylation sites is 1. The predicted octanol–water partition coefficient (Wildman–Crippen LogP) is 3.27. The van der Waals surface area contributed by atoms with E-state index in [4.69, 9.17) is 12.2 Å². The van der Waals surface area contributed by atoms with Crippen molar-refractivity contribution in [1.82, 2.24) is 19.4 Å². The second-order valence-corrected chi connectivity index (χ2v) is 5.05. The van der Waals surface area contributed by atoms with Crippen LogP contribution < -0.4 is 0 Å². The summed E-state index contributed by atoms with van der Waals surface area (Å²) in [6.45, 7) is 6.68. The summed E-state index contributed by atoms with van der Waals surface area (Å²) in [6.07, 6.45) is 5.27. The molecule has 106 valence electrons. The Bertz CT molecular complexity index is 881. The number of allylic oxidation sites excluding steroid dienone is 1. The van der Waals surface area contributed by atoms with Crippen LogP contribution in [0.15, 0.2) is 48.3 Å². The number of benzene rings is 1. The van der Waals surface area contributed by atoms with Crippen molar-refractivity contribution < 1.29 is 0 Å². The van der Waals surface area contributed by atoms with Crippen LogP contribution in [-0.2, 0) is 6.54 Å². The summed E-state index contributed by atoms with van der Waals surface area (Å²) in [5.41, 5.74) is 3.40. The van der Waals surface area contributed by atoms with Crippen molar-refractivity contribution >= 4 is 29.3 Å². The molecule has 3 aromatic rings. The largest absolute Gasteiger partial charge is 0.340 e. The number of aromatic nitrogens is 4. The molecule has 5 nitrogen and oxygen atoms in total. The van der Waals surface area contributed by atoms with Gasteiger partial charge in [-0.3, -0.25) is 5.10 Å². The van der Waals surface area contributed by atoms with Gasteiger partial charge in [0, 0.05) is 28.7 Å². The predicted molar refractivity (Wildman–Crippen MR) is 87.3 cm³/mol. The van der Waals surface area contributed by atoms with Crippen LogP contribution in [-0.4, -0.2) is 25.7 Å². The van der Waals surface area contributed by atoms with Gasteiger partial charge in [-0.25, -0.2) is 0 Å². The fourth-order valence-electron chi connectivity index (χ4n) is 2.43. The molecule has 0 unspecified atom stereocenters. The summed E-state index contributed by atoms with van der Waals surface area (Å²) in [4.78, 5) is 0. The molecule has 0 aliphatic rings. The molecule has 0 aliphatic heterocycles. The lowest BCUT2D eigenvalue weighted by Crippen LogP contribution is -1.98. The van der Waals surface area contributed by atoms with E-state index in [1.165, 1.54) is 10.2 Å². The van der Waals surface area contributed by atoms with E-state index in [0.29, 0.717) is 4.77 Å². The average molecular weight is 297 g/mol. The quantitative estimate of drug-likeness (QED) is 0.456. The second-order valence-electron chi connectivity index (χ2n) is 4.67. The lowest BCUT2D eigenvalue weighted by Gasteiger charge is -2.03. The zero-order valence-corrected chi connectivity index (χ0v) is 12.5. The summed E-state index contributed by atoms with van der Waals surface area (Å²) in [7, 11) is 0. The molecule has 0 fully saturated rings. The minimum Gasteiger partial charge on any atom is -0.340 e. The van der Waals surface area contributed by atoms with E-state index in [9.17, 15) is 0 Å². The standard InChI is InChI=1S/C15H15N5S/c1-3-8-19-11(2)13(12-6-4-5-7-14(12)19)9-17-20-10-16-18-15(20)21/h3-7,9-10H,1,8H2,2H3,(H,18,21). The van der Waals surface area contributed by atoms with Crippen molar-refractivity contribution in [3.05, 3.63) is 59.3 Å². The maximum absolute atomic E-state index is 5.09. The van der Waals surface area contributed by atoms with E-state index >= 15 is 0 Å². The first-order valence-electron chi connectivity index (χ1n) is 6.57. The smallest absolute Gasteiger partial charge is 0.216 e. The highest BCUT2D eigenvalue weighted by atomic mass is 32.1. The van der Waals surface area contributed by atoms with Crippen LogP contribution >= 0.6 is 12.2 Å². The Morgan fingerprint density at radius 1 is 1.43 bits per heavy atom. The Kier molecular flexibility index (Phi) is 3.53. The van der Waals surface area contributed by atoms with E-state index in [1.54, 1.807) is 6.33 Å². The van der Waals surface area contributed by atoms with Crippen LogP contribution in [0.3, 0.4) is 0 Å². The molecule has 2 aromatic heterocycles. The molecule has 2 heterocycles. The number of aromatic amines is 1. The minimum absolute atomic E-state index is 0.471. The Hall–Kier alpha value is -2.47. The lowest BCUT2D eigenvalue weighted by molar-refractivity contribution is 0.827. The van der Waals surface area contributed by atoms with E-state index in [-0.39, 0.29) is 0 Å². The molecule has 0 spiro atoms. The van der Waals surface area contributed by atoms with Gasteiger partial charge in [-0.15, -0.1) is 6.58 Å². The summed E-state index contributed by atoms with van der Waals surface area (Å²) in [5, 5.41) is 12.1. The lowest BCUT2D eigenvalue weighted by atomic mass is 10.1. The van der Waals surface area contributed by atoms with Crippen molar-refractivity contribution in [3.8, 4) is 0 Å². The van der Waals surface area contributed by atoms with Crippen LogP contribution in [0.2, 0.25) is 0 Å². The zero-order valence-electron chi connectivity index (χ0n) is 11.7. The van der Waals surface area contributed by atoms with Crippen molar-refractivity contribution in [3.63, 3.8) is 0 Å². The zero-order chi connectivity index (χ0) is 14.8. The fraction of sp³-hybridized carbons (Fsp3) is 0.133. The van der Waals surface area contributed by atoms with Crippen LogP contribution in [0.1, 0.15) is 11.3 Å². The molecule has 0 aliphatic carbocycles. The molecule has 0 amide bonds. The van der Waals surface area contributed by atoms with Crippen LogP contribution in [0.5, 0.6) is 0 Å². The molecule has 6 heteroatoms. The molecule has 0 radical (unpaired) electrons. The van der Waals surface area contributed by atoms with Gasteiger partial charge in [0.25, 0.3) is 0 Å². The number of fused-ring (bicyclic) bond motifs is 1. The highest BCUT2D eigenvalue weighted by Crippen LogP contribution is 2.24. The van der Waals surface area contributed by atoms with Gasteiger partial charge in [-0.2, -0.15) is 14.9 Å². The summed E-state index contributed by atoms with van der Waals surface area (Å²) < 4.78 is 4.23. The van der Waals surface area contributed by atoms with Gasteiger partial charge in [-0.05, 0) is 25.2 Å². The van der Waals surface area contributed by atoms with Crippen molar-refractivity contribution in [1.29, 1.82) is 0 Å². The summed E-state index contributed by atoms with van der Waals surface area (Å²) >= 11 is 5.09. The van der Waals surface area contributed by atoms with E-state index in [1.807, 2.05) is 24.4 Å². The van der Waals surface area contributed by atoms with Gasteiger partial charge in [0.05, 0.1) is 6.21 Å². The Labute approximate surface area is 127 Å². The monoisotopic (exact) mass is 297 g/mol. The molecule has 3 rings (SSSR count). The van der Waals surface area contributed by atoms with Gasteiger partial charge in [0.1, 0.15) is 6.33 Å². The van der Waals surface area contributed by atoms with E-state index < -0.39 is 0 Å². The number of hydrogen-bond acceptors (Lipinski definition) is 3. The highest BCUT2D eigenvalue weighted by molar-refractivity contribution is 7.71. The minimum atomic E-state index is 0.471. The molecular weight excluding hydrogens is 282 g/mol. The van der Waals surface area contributed by atoms with Gasteiger partial charge in [-0.1, -0.05) is 24.3 Å². The maximum atomic E-state index is 5.09. The number of nitrogens with one attached hydrogen (secondary N) is 1. The molecule has 21 heavy (non-hydrogen) atoms. The van der Waals surface area contributed by atoms with Gasteiger partial charge in [0.15, 0.2) is 0 Å². The Morgan fingerprint density at radius 2 is 2.24 bits per heavy atom. The first-order chi connectivity index (χ1) is 10.2. The third-order valence-corrected chi connectivity index (χ3v) is 3.72. The molecule has 0 atom stereocenters. The van der Waals surface area contributed by atoms with Crippen LogP contribution in [0.25, 0.3) is 10.9 Å². The van der Waals surface area contributed by atoms with Crippen LogP contribution in [0.4, 0.5) is 0 Å². The van der Waals surface area contributed by atoms with E-state index in [2.05, 4.69) is 45.5 Å². The average Bonchev–Trinajstić information content (AvgIpc) is 3.01. The normalized spacial score (nSPS) is 11.5. The third kappa shape index (κ3) is 2.34. The first kappa shape index (κ1) is 13.5. The van der Waals surface area contributed by atoms with Crippen molar-refractivity contribution in [2.75, 3.05) is 0 Å². The van der Waals surface area contributed by atoms with Crippen molar-refractivity contribution in [2.24, 2.45) is 5.10 Å². The van der Waals surface area contributed by atoms with Gasteiger partial charge < -0.3 is 4.57 Å². The Balaban J connectivity index is 2.16. The molecule has 0 saturated heterocycles. The maximum Gasteiger partial charge on any atom is 0.216 e. The highest BCUT2D eigenvalue weighted by Gasteiger charge is 2.11. The third-order valence-electron chi connectivity index (χ3n) is 3.44. The summed E-state index contributed by atoms with van der Waals surface area (Å²) in [5.74, 6) is 0. The molecular formula is C15H15N5S. The van der Waals surface area contributed by atoms with Gasteiger partial charge >= 0.3 is 0 Å². The number of nitrogens with zero attached hydrogens (tertiary/aromatic N) is 4. The molecule has 0 saturated carbocycles. The van der Waals surface area contributed by atoms with E-state index in [0.717, 1.165) is 23.2 Å². The van der Waals surface area contributed by atoms with Crippen LogP contribution in [0, 0.1) is 11.7 Å². The molecule has 1 aromatic carbocycles. The number of rotatable bonds is 4. The topological polar surface area (TPSA) is 50.9 Å². The number of hydrogen-bond donors (Lipinski definition) is 1. The van der Waals surface area contributed by atoms with Gasteiger partial charge in [0.2, 0.25) is 4.77 Å². The molecule has 0 bridgehead atoms. The SMILES string of the molecule is C=CCn1c(C)c(C=Nn2cn[nH]c2=S)c2ccccc21. The van der Waals surface area contributed by atoms with Crippen molar-refractivity contribution in [2.45, 2.75) is 13.5 Å². The second kappa shape index (κ2) is 5.49.